The summed E-state index contributed by atoms with van der Waals surface area (Å²) in [5, 5.41) is 5.56. The first-order valence-electron chi connectivity index (χ1n) is 7.03. The van der Waals surface area contributed by atoms with Gasteiger partial charge in [0.2, 0.25) is 5.91 Å². The zero-order valence-electron chi connectivity index (χ0n) is 11.9. The van der Waals surface area contributed by atoms with Gasteiger partial charge in [0.25, 0.3) is 0 Å². The summed E-state index contributed by atoms with van der Waals surface area (Å²) in [6.45, 7) is 3.73. The number of hydrogen-bond donors (Lipinski definition) is 1. The number of anilines is 1. The summed E-state index contributed by atoms with van der Waals surface area (Å²) in [7, 11) is 0. The van der Waals surface area contributed by atoms with E-state index < -0.39 is 0 Å². The Morgan fingerprint density at radius 2 is 2.33 bits per heavy atom. The quantitative estimate of drug-likeness (QED) is 0.940. The van der Waals surface area contributed by atoms with Crippen LogP contribution in [0.15, 0.2) is 17.8 Å². The average molecular weight is 306 g/mol. The van der Waals surface area contributed by atoms with Crippen molar-refractivity contribution in [1.82, 2.24) is 14.5 Å². The molecular formula is C14H18N4O2S. The average Bonchev–Trinajstić information content (AvgIpc) is 3.10. The molecule has 1 N–H and O–H groups in total. The molecule has 0 aromatic carbocycles. The van der Waals surface area contributed by atoms with Crippen molar-refractivity contribution < 1.29 is 9.53 Å². The highest BCUT2D eigenvalue weighted by Crippen LogP contribution is 2.29. The molecule has 1 aliphatic rings. The largest absolute Gasteiger partial charge is 0.381 e. The van der Waals surface area contributed by atoms with E-state index in [0.717, 1.165) is 37.6 Å². The van der Waals surface area contributed by atoms with Gasteiger partial charge in [-0.2, -0.15) is 0 Å². The summed E-state index contributed by atoms with van der Waals surface area (Å²) in [5.41, 5.74) is 1.07. The normalized spacial score (nSPS) is 16.0. The van der Waals surface area contributed by atoms with Crippen LogP contribution in [0.5, 0.6) is 0 Å². The van der Waals surface area contributed by atoms with Gasteiger partial charge in [0.05, 0.1) is 5.69 Å². The van der Waals surface area contributed by atoms with E-state index in [1.54, 1.807) is 12.4 Å². The molecule has 1 aliphatic heterocycles. The van der Waals surface area contributed by atoms with Crippen molar-refractivity contribution in [3.8, 4) is 0 Å². The molecule has 7 heteroatoms. The van der Waals surface area contributed by atoms with Gasteiger partial charge < -0.3 is 14.6 Å². The molecule has 21 heavy (non-hydrogen) atoms. The number of amides is 1. The van der Waals surface area contributed by atoms with Gasteiger partial charge >= 0.3 is 0 Å². The lowest BCUT2D eigenvalue weighted by Gasteiger charge is -2.19. The lowest BCUT2D eigenvalue weighted by atomic mass is 9.98. The van der Waals surface area contributed by atoms with Gasteiger partial charge in [-0.25, -0.2) is 9.97 Å². The zero-order chi connectivity index (χ0) is 14.7. The molecular weight excluding hydrogens is 288 g/mol. The lowest BCUT2D eigenvalue weighted by molar-refractivity contribution is -0.116. The molecule has 6 nitrogen and oxygen atoms in total. The van der Waals surface area contributed by atoms with Crippen LogP contribution >= 0.6 is 11.3 Å². The fourth-order valence-corrected chi connectivity index (χ4v) is 3.22. The first kappa shape index (κ1) is 14.2. The van der Waals surface area contributed by atoms with E-state index in [1.807, 2.05) is 16.9 Å². The summed E-state index contributed by atoms with van der Waals surface area (Å²) in [6.07, 6.45) is 5.50. The molecule has 0 saturated carbocycles. The second-order valence-corrected chi connectivity index (χ2v) is 5.97. The molecule has 0 aliphatic carbocycles. The predicted octanol–water partition coefficient (Wildman–Crippen LogP) is 2.18. The van der Waals surface area contributed by atoms with Crippen LogP contribution in [0.4, 0.5) is 5.13 Å². The molecule has 112 valence electrons. The highest BCUT2D eigenvalue weighted by Gasteiger charge is 2.19. The van der Waals surface area contributed by atoms with E-state index in [1.165, 1.54) is 11.3 Å². The van der Waals surface area contributed by atoms with Crippen LogP contribution in [-0.2, 0) is 16.1 Å². The van der Waals surface area contributed by atoms with Crippen LogP contribution in [0.1, 0.15) is 30.3 Å². The third-order valence-electron chi connectivity index (χ3n) is 3.65. The van der Waals surface area contributed by atoms with E-state index in [2.05, 4.69) is 15.3 Å². The Hall–Kier alpha value is -1.73. The van der Waals surface area contributed by atoms with E-state index >= 15 is 0 Å². The first-order valence-corrected chi connectivity index (χ1v) is 7.91. The summed E-state index contributed by atoms with van der Waals surface area (Å²) in [6, 6.07) is 0. The maximum Gasteiger partial charge on any atom is 0.246 e. The van der Waals surface area contributed by atoms with Crippen LogP contribution in [0.3, 0.4) is 0 Å². The predicted molar refractivity (Wildman–Crippen MR) is 80.5 cm³/mol. The fourth-order valence-electron chi connectivity index (χ4n) is 2.41. The van der Waals surface area contributed by atoms with E-state index in [9.17, 15) is 4.79 Å². The number of rotatable bonds is 4. The van der Waals surface area contributed by atoms with Gasteiger partial charge in [0.1, 0.15) is 12.4 Å². The zero-order valence-corrected chi connectivity index (χ0v) is 12.7. The third-order valence-corrected chi connectivity index (χ3v) is 4.42. The Kier molecular flexibility index (Phi) is 4.31. The summed E-state index contributed by atoms with van der Waals surface area (Å²) in [5.74, 6) is 1.20. The van der Waals surface area contributed by atoms with Crippen LogP contribution < -0.4 is 5.32 Å². The number of carbonyl (C=O) groups is 1. The Labute approximate surface area is 127 Å². The number of nitrogens with one attached hydrogen (secondary N) is 1. The molecule has 3 rings (SSSR count). The number of nitrogens with zero attached hydrogens (tertiary/aromatic N) is 3. The van der Waals surface area contributed by atoms with Crippen molar-refractivity contribution in [3.05, 3.63) is 29.3 Å². The lowest BCUT2D eigenvalue weighted by Crippen LogP contribution is -2.19. The number of aromatic nitrogens is 3. The molecule has 2 aromatic heterocycles. The molecule has 0 radical (unpaired) electrons. The highest BCUT2D eigenvalue weighted by atomic mass is 32.1. The van der Waals surface area contributed by atoms with Crippen LogP contribution in [0, 0.1) is 6.92 Å². The van der Waals surface area contributed by atoms with Crippen LogP contribution in [0.2, 0.25) is 0 Å². The van der Waals surface area contributed by atoms with Crippen molar-refractivity contribution in [2.45, 2.75) is 32.2 Å². The number of imidazole rings is 1. The second kappa shape index (κ2) is 6.36. The standard InChI is InChI=1S/C14H18N4O2S/c1-10-15-4-5-18(10)8-13(19)17-14-16-12(9-21-14)11-2-6-20-7-3-11/h4-5,9,11H,2-3,6-8H2,1H3,(H,16,17,19). The molecule has 0 atom stereocenters. The number of aryl methyl sites for hydroxylation is 1. The molecule has 1 amide bonds. The van der Waals surface area contributed by atoms with Gasteiger partial charge in [-0.15, -0.1) is 11.3 Å². The maximum absolute atomic E-state index is 12.0. The molecule has 0 bridgehead atoms. The molecule has 1 fully saturated rings. The minimum absolute atomic E-state index is 0.0797. The van der Waals surface area contributed by atoms with Gasteiger partial charge in [0, 0.05) is 36.9 Å². The van der Waals surface area contributed by atoms with Gasteiger partial charge in [-0.3, -0.25) is 4.79 Å². The van der Waals surface area contributed by atoms with Crippen molar-refractivity contribution in [2.24, 2.45) is 0 Å². The highest BCUT2D eigenvalue weighted by molar-refractivity contribution is 7.13. The summed E-state index contributed by atoms with van der Waals surface area (Å²) < 4.78 is 7.17. The van der Waals surface area contributed by atoms with E-state index in [0.29, 0.717) is 11.0 Å². The van der Waals surface area contributed by atoms with Crippen molar-refractivity contribution in [2.75, 3.05) is 18.5 Å². The number of thiazole rings is 1. The Morgan fingerprint density at radius 1 is 1.52 bits per heavy atom. The SMILES string of the molecule is Cc1nccn1CC(=O)Nc1nc(C2CCOCC2)cs1. The Balaban J connectivity index is 1.59. The summed E-state index contributed by atoms with van der Waals surface area (Å²) >= 11 is 1.48. The Morgan fingerprint density at radius 3 is 3.05 bits per heavy atom. The number of hydrogen-bond acceptors (Lipinski definition) is 5. The molecule has 0 unspecified atom stereocenters. The van der Waals surface area contributed by atoms with Crippen molar-refractivity contribution in [3.63, 3.8) is 0 Å². The fraction of sp³-hybridized carbons (Fsp3) is 0.500. The monoisotopic (exact) mass is 306 g/mol. The number of carbonyl (C=O) groups excluding carboxylic acids is 1. The molecule has 3 heterocycles. The molecule has 2 aromatic rings. The van der Waals surface area contributed by atoms with Crippen molar-refractivity contribution in [1.29, 1.82) is 0 Å². The van der Waals surface area contributed by atoms with Gasteiger partial charge in [-0.05, 0) is 19.8 Å². The van der Waals surface area contributed by atoms with Gasteiger partial charge in [-0.1, -0.05) is 0 Å². The van der Waals surface area contributed by atoms with E-state index in [-0.39, 0.29) is 12.5 Å². The first-order chi connectivity index (χ1) is 10.2. The third kappa shape index (κ3) is 3.48. The number of ether oxygens (including phenoxy) is 1. The molecule has 0 spiro atoms. The van der Waals surface area contributed by atoms with E-state index in [4.69, 9.17) is 4.74 Å². The van der Waals surface area contributed by atoms with Gasteiger partial charge in [0.15, 0.2) is 5.13 Å². The smallest absolute Gasteiger partial charge is 0.246 e. The van der Waals surface area contributed by atoms with Crippen LogP contribution in [-0.4, -0.2) is 33.7 Å². The second-order valence-electron chi connectivity index (χ2n) is 5.11. The maximum atomic E-state index is 12.0. The van der Waals surface area contributed by atoms with Crippen molar-refractivity contribution >= 4 is 22.4 Å². The topological polar surface area (TPSA) is 69.0 Å². The minimum Gasteiger partial charge on any atom is -0.381 e. The minimum atomic E-state index is -0.0797. The summed E-state index contributed by atoms with van der Waals surface area (Å²) in [4.78, 5) is 20.6. The molecule has 1 saturated heterocycles. The Bertz CT molecular complexity index is 616. The van der Waals surface area contributed by atoms with Crippen LogP contribution in [0.25, 0.3) is 0 Å².